The number of hydrogen-bond acceptors (Lipinski definition) is 4. The number of halogens is 6. The van der Waals surface area contributed by atoms with Gasteiger partial charge in [-0.25, -0.2) is 15.0 Å². The first-order valence-electron chi connectivity index (χ1n) is 8.12. The number of hydrogen-bond donors (Lipinski definition) is 0. The minimum Gasteiger partial charge on any atom is -0.437 e. The summed E-state index contributed by atoms with van der Waals surface area (Å²) < 4.78 is 71.9. The molecule has 1 atom stereocenters. The highest BCUT2D eigenvalue weighted by atomic mass is 127. The van der Waals surface area contributed by atoms with E-state index in [1.54, 1.807) is 18.5 Å². The van der Waals surface area contributed by atoms with E-state index in [0.717, 1.165) is 23.2 Å². The number of nitrogens with zero attached hydrogens (tertiary/aromatic N) is 4. The zero-order valence-electron chi connectivity index (χ0n) is 14.6. The third-order valence-electron chi connectivity index (χ3n) is 4.06. The van der Waals surface area contributed by atoms with Crippen molar-refractivity contribution < 1.29 is 24.2 Å². The van der Waals surface area contributed by atoms with Crippen molar-refractivity contribution in [2.75, 3.05) is 0 Å². The smallest absolute Gasteiger partial charge is 0.310 e. The van der Waals surface area contributed by atoms with Gasteiger partial charge in [-0.3, -0.25) is 0 Å². The molecule has 0 saturated heterocycles. The van der Waals surface area contributed by atoms with Crippen LogP contribution in [0.2, 0.25) is 0 Å². The lowest BCUT2D eigenvalue weighted by atomic mass is 10.1. The highest BCUT2D eigenvalue weighted by Gasteiger charge is 2.65. The normalized spacial score (nSPS) is 14.7. The van der Waals surface area contributed by atoms with Crippen LogP contribution in [0.3, 0.4) is 0 Å². The lowest BCUT2D eigenvalue weighted by Gasteiger charge is -2.40. The van der Waals surface area contributed by atoms with E-state index in [0.29, 0.717) is 29.8 Å². The Labute approximate surface area is 181 Å². The molecule has 13 heteroatoms. The highest BCUT2D eigenvalue weighted by Crippen LogP contribution is 3.02. The molecule has 4 aromatic rings. The Morgan fingerprint density at radius 2 is 1.60 bits per heavy atom. The van der Waals surface area contributed by atoms with Gasteiger partial charge in [-0.2, -0.15) is 0 Å². The molecule has 4 rings (SSSR count). The van der Waals surface area contributed by atoms with Crippen LogP contribution >= 0.6 is 38.6 Å². The average molecular weight is 572 g/mol. The van der Waals surface area contributed by atoms with Crippen LogP contribution in [0, 0.1) is 0 Å². The van der Waals surface area contributed by atoms with Crippen LogP contribution in [0.5, 0.6) is 11.6 Å². The summed E-state index contributed by atoms with van der Waals surface area (Å²) in [6, 6.07) is 7.64. The monoisotopic (exact) mass is 572 g/mol. The Bertz CT molecular complexity index is 1250. The zero-order valence-corrected chi connectivity index (χ0v) is 18.6. The van der Waals surface area contributed by atoms with Crippen molar-refractivity contribution in [2.24, 2.45) is 0 Å². The Kier molecular flexibility index (Phi) is 4.75. The second-order valence-corrected chi connectivity index (χ2v) is 10.7. The maximum Gasteiger partial charge on any atom is 0.310 e. The van der Waals surface area contributed by atoms with E-state index >= 15 is 0 Å². The third-order valence-corrected chi connectivity index (χ3v) is 7.32. The lowest BCUT2D eigenvalue weighted by Crippen LogP contribution is -2.05. The predicted octanol–water partition coefficient (Wildman–Crippen LogP) is 7.73. The second kappa shape index (κ2) is 6.72. The molecule has 0 fully saturated rings. The molecule has 5 nitrogen and oxygen atoms in total. The first kappa shape index (κ1) is 21.2. The summed E-state index contributed by atoms with van der Waals surface area (Å²) >= 11 is 2.22. The molecule has 158 valence electrons. The quantitative estimate of drug-likeness (QED) is 0.140. The summed E-state index contributed by atoms with van der Waals surface area (Å²) in [5.41, 5.74) is 2.67. The first-order valence-corrected chi connectivity index (χ1v) is 14.1. The van der Waals surface area contributed by atoms with E-state index in [4.69, 9.17) is 4.74 Å². The number of imidazole rings is 1. The van der Waals surface area contributed by atoms with Gasteiger partial charge in [0.15, 0.2) is 0 Å². The summed E-state index contributed by atoms with van der Waals surface area (Å²) in [5.74, 6) is -0.0536. The fourth-order valence-electron chi connectivity index (χ4n) is 2.70. The highest BCUT2D eigenvalue weighted by molar-refractivity contribution is 14.2. The molecule has 2 aromatic carbocycles. The molecule has 0 spiro atoms. The van der Waals surface area contributed by atoms with Crippen molar-refractivity contribution in [3.05, 3.63) is 61.2 Å². The van der Waals surface area contributed by atoms with Gasteiger partial charge in [0.2, 0.25) is 5.88 Å². The van der Waals surface area contributed by atoms with Gasteiger partial charge < -0.3 is 9.07 Å². The van der Waals surface area contributed by atoms with Gasteiger partial charge in [0, 0.05) is 24.3 Å². The molecule has 0 aliphatic heterocycles. The number of ether oxygens (including phenoxy) is 1. The standard InChI is InChI=1S/C17H11F5IN4OPS/c18-30(19,20,21,22)13-4-2-12(3-5-13)28-17-16(24-7-8-25-17)11-1-6-14-15(9-11)27(29-23)10-26-14/h1-10,29H. The summed E-state index contributed by atoms with van der Waals surface area (Å²) in [5, 5.41) is 0. The molecule has 0 saturated carbocycles. The summed E-state index contributed by atoms with van der Waals surface area (Å²) in [4.78, 5) is 10.7. The fourth-order valence-corrected chi connectivity index (χ4v) is 4.87. The molecule has 30 heavy (non-hydrogen) atoms. The third kappa shape index (κ3) is 4.35. The topological polar surface area (TPSA) is 52.8 Å². The van der Waals surface area contributed by atoms with Crippen molar-refractivity contribution in [3.8, 4) is 22.9 Å². The van der Waals surface area contributed by atoms with Crippen LogP contribution in [0.25, 0.3) is 22.3 Å². The molecule has 2 aromatic heterocycles. The van der Waals surface area contributed by atoms with E-state index in [1.165, 1.54) is 12.4 Å². The van der Waals surface area contributed by atoms with Crippen LogP contribution in [-0.2, 0) is 0 Å². The SMILES string of the molecule is FS(F)(F)(F)(F)c1ccc(Oc2nccnc2-c2ccc3ncn(PI)c3c2)cc1. The van der Waals surface area contributed by atoms with Gasteiger partial charge in [0.05, 0.1) is 17.4 Å². The minimum atomic E-state index is -9.74. The van der Waals surface area contributed by atoms with Crippen LogP contribution in [-0.4, -0.2) is 19.3 Å². The van der Waals surface area contributed by atoms with Crippen LogP contribution in [0.4, 0.5) is 19.4 Å². The molecule has 0 amide bonds. The van der Waals surface area contributed by atoms with Gasteiger partial charge in [0.1, 0.15) is 16.3 Å². The van der Waals surface area contributed by atoms with E-state index in [-0.39, 0.29) is 11.6 Å². The van der Waals surface area contributed by atoms with Crippen LogP contribution < -0.4 is 4.74 Å². The van der Waals surface area contributed by atoms with Crippen molar-refractivity contribution >= 4 is 49.7 Å². The number of rotatable bonds is 5. The molecule has 0 bridgehead atoms. The van der Waals surface area contributed by atoms with Gasteiger partial charge in [-0.1, -0.05) is 25.5 Å². The van der Waals surface area contributed by atoms with E-state index < -0.39 is 15.1 Å². The van der Waals surface area contributed by atoms with E-state index in [9.17, 15) is 19.4 Å². The Hall–Kier alpha value is -2.05. The predicted molar refractivity (Wildman–Crippen MR) is 116 cm³/mol. The maximum absolute atomic E-state index is 12.9. The van der Waals surface area contributed by atoms with Gasteiger partial charge in [0.25, 0.3) is 0 Å². The number of aromatic nitrogens is 4. The van der Waals surface area contributed by atoms with Gasteiger partial charge >= 0.3 is 10.2 Å². The van der Waals surface area contributed by atoms with Crippen molar-refractivity contribution in [1.82, 2.24) is 19.3 Å². The van der Waals surface area contributed by atoms with Gasteiger partial charge in [-0.05, 0) is 58.4 Å². The first-order chi connectivity index (χ1) is 13.9. The fraction of sp³-hybridized carbons (Fsp3) is 0. The largest absolute Gasteiger partial charge is 0.437 e. The van der Waals surface area contributed by atoms with Crippen molar-refractivity contribution in [1.29, 1.82) is 0 Å². The molecular weight excluding hydrogens is 561 g/mol. The molecule has 1 unspecified atom stereocenters. The molecule has 2 heterocycles. The van der Waals surface area contributed by atoms with Crippen LogP contribution in [0.1, 0.15) is 0 Å². The summed E-state index contributed by atoms with van der Waals surface area (Å²) in [6.45, 7) is 0. The minimum absolute atomic E-state index is 0.0277. The maximum atomic E-state index is 12.9. The molecule has 0 N–H and O–H groups in total. The lowest BCUT2D eigenvalue weighted by molar-refractivity contribution is 0.363. The molecule has 0 radical (unpaired) electrons. The number of fused-ring (bicyclic) bond motifs is 1. The molecule has 0 aliphatic rings. The Morgan fingerprint density at radius 3 is 2.27 bits per heavy atom. The van der Waals surface area contributed by atoms with Gasteiger partial charge in [-0.15, -0.1) is 0 Å². The van der Waals surface area contributed by atoms with Crippen molar-refractivity contribution in [2.45, 2.75) is 4.90 Å². The Balaban J connectivity index is 1.70. The summed E-state index contributed by atoms with van der Waals surface area (Å²) in [7, 11) is -9.74. The second-order valence-electron chi connectivity index (χ2n) is 6.16. The molecular formula is C17H11F5IN4OPS. The zero-order chi connectivity index (χ0) is 21.6. The van der Waals surface area contributed by atoms with E-state index in [2.05, 4.69) is 37.0 Å². The summed E-state index contributed by atoms with van der Waals surface area (Å²) in [6.07, 6.45) is 4.95. The van der Waals surface area contributed by atoms with Crippen molar-refractivity contribution in [3.63, 3.8) is 0 Å². The van der Waals surface area contributed by atoms with E-state index in [1.807, 2.05) is 10.4 Å². The number of benzene rings is 2. The molecule has 0 aliphatic carbocycles. The Morgan fingerprint density at radius 1 is 0.900 bits per heavy atom. The average Bonchev–Trinajstić information content (AvgIpc) is 3.09. The van der Waals surface area contributed by atoms with Crippen LogP contribution in [0.15, 0.2) is 66.1 Å².